The second-order valence-corrected chi connectivity index (χ2v) is 17.0. The van der Waals surface area contributed by atoms with Gasteiger partial charge in [-0.1, -0.05) is 146 Å². The van der Waals surface area contributed by atoms with E-state index in [1.54, 1.807) is 11.1 Å². The van der Waals surface area contributed by atoms with E-state index in [0.717, 1.165) is 57.6 Å². The molecule has 0 amide bonds. The Hall–Kier alpha value is -6.12. The molecule has 0 atom stereocenters. The van der Waals surface area contributed by atoms with Gasteiger partial charge in [0.2, 0.25) is 0 Å². The van der Waals surface area contributed by atoms with Crippen molar-refractivity contribution in [2.45, 2.75) is 37.5 Å². The first-order valence-corrected chi connectivity index (χ1v) is 20.6. The van der Waals surface area contributed by atoms with Gasteiger partial charge in [-0.05, 0) is 135 Å². The van der Waals surface area contributed by atoms with Crippen LogP contribution in [0.5, 0.6) is 0 Å². The number of hydrogen-bond acceptors (Lipinski definition) is 2. The van der Waals surface area contributed by atoms with Gasteiger partial charge in [0.15, 0.2) is 5.82 Å². The molecule has 2 heteroatoms. The van der Waals surface area contributed by atoms with Gasteiger partial charge in [0.25, 0.3) is 0 Å². The molecule has 0 unspecified atom stereocenters. The van der Waals surface area contributed by atoms with Crippen molar-refractivity contribution < 1.29 is 0 Å². The number of benzene rings is 7. The summed E-state index contributed by atoms with van der Waals surface area (Å²) in [5, 5.41) is 2.71. The van der Waals surface area contributed by atoms with Crippen LogP contribution in [-0.2, 0) is 5.41 Å². The highest BCUT2D eigenvalue weighted by molar-refractivity contribution is 6.01. The Bertz CT molecular complexity index is 2730. The monoisotopic (exact) mass is 718 g/mol. The summed E-state index contributed by atoms with van der Waals surface area (Å²) < 4.78 is 0. The van der Waals surface area contributed by atoms with Gasteiger partial charge < -0.3 is 0 Å². The Morgan fingerprint density at radius 2 is 0.929 bits per heavy atom. The molecule has 4 fully saturated rings. The lowest BCUT2D eigenvalue weighted by Gasteiger charge is -2.61. The summed E-state index contributed by atoms with van der Waals surface area (Å²) in [6, 6.07) is 62.5. The summed E-state index contributed by atoms with van der Waals surface area (Å²) in [4.78, 5) is 10.2. The number of aromatic nitrogens is 2. The molecule has 4 bridgehead atoms. The Morgan fingerprint density at radius 3 is 1.66 bits per heavy atom. The number of nitrogens with zero attached hydrogens (tertiary/aromatic N) is 2. The molecular weight excluding hydrogens is 677 g/mol. The van der Waals surface area contributed by atoms with Gasteiger partial charge in [0.1, 0.15) is 0 Å². The Labute approximate surface area is 329 Å². The van der Waals surface area contributed by atoms with E-state index in [4.69, 9.17) is 9.97 Å². The number of fused-ring (bicyclic) bond motifs is 4. The van der Waals surface area contributed by atoms with E-state index in [0.29, 0.717) is 0 Å². The first-order chi connectivity index (χ1) is 27.7. The third kappa shape index (κ3) is 4.81. The maximum atomic E-state index is 5.19. The summed E-state index contributed by atoms with van der Waals surface area (Å²) in [5.41, 5.74) is 16.3. The van der Waals surface area contributed by atoms with Gasteiger partial charge in [-0.2, -0.15) is 0 Å². The van der Waals surface area contributed by atoms with Crippen LogP contribution in [0.15, 0.2) is 170 Å². The van der Waals surface area contributed by atoms with Crippen LogP contribution in [0.25, 0.3) is 78.1 Å². The highest BCUT2D eigenvalue weighted by Gasteiger charge is 2.61. The third-order valence-electron chi connectivity index (χ3n) is 14.1. The van der Waals surface area contributed by atoms with Crippen molar-refractivity contribution in [1.82, 2.24) is 9.97 Å². The van der Waals surface area contributed by atoms with Crippen LogP contribution >= 0.6 is 0 Å². The standard InChI is InChI=1S/C54H42N2/c1-3-13-36(14-4-1)50-33-51(56-53(55-50)37-15-5-2-6-16-37)41-20-11-19-40(30-41)44-21-9-10-22-45(44)46-23-12-24-48-52(46)47-31-38-17-7-8-18-39(38)32-49(47)54(48)42-26-34-25-35(28-42)29-43(54)27-34/h1-24,30-35,42-43H,25-29H2. The molecular formula is C54H42N2. The second kappa shape index (κ2) is 12.4. The quantitative estimate of drug-likeness (QED) is 0.177. The van der Waals surface area contributed by atoms with Crippen LogP contribution in [0, 0.1) is 23.7 Å². The maximum Gasteiger partial charge on any atom is 0.160 e. The summed E-state index contributed by atoms with van der Waals surface area (Å²) in [7, 11) is 0. The molecule has 1 spiro atoms. The van der Waals surface area contributed by atoms with Crippen LogP contribution in [0.1, 0.15) is 43.2 Å². The molecule has 1 aromatic heterocycles. The molecule has 2 nitrogen and oxygen atoms in total. The number of rotatable bonds is 5. The van der Waals surface area contributed by atoms with Gasteiger partial charge in [-0.15, -0.1) is 0 Å². The first-order valence-electron chi connectivity index (χ1n) is 20.6. The molecule has 4 saturated carbocycles. The molecule has 1 heterocycles. The van der Waals surface area contributed by atoms with Crippen molar-refractivity contribution in [2.24, 2.45) is 23.7 Å². The normalized spacial score (nSPS) is 22.7. The first kappa shape index (κ1) is 32.2. The minimum atomic E-state index is 0.104. The van der Waals surface area contributed by atoms with E-state index in [1.807, 2.05) is 6.07 Å². The predicted molar refractivity (Wildman–Crippen MR) is 230 cm³/mol. The minimum Gasteiger partial charge on any atom is -0.228 e. The summed E-state index contributed by atoms with van der Waals surface area (Å²) in [6.45, 7) is 0. The Balaban J connectivity index is 1.03. The highest BCUT2D eigenvalue weighted by Crippen LogP contribution is 2.70. The smallest absolute Gasteiger partial charge is 0.160 e. The van der Waals surface area contributed by atoms with E-state index in [1.165, 1.54) is 76.3 Å². The largest absolute Gasteiger partial charge is 0.228 e. The average Bonchev–Trinajstić information content (AvgIpc) is 3.54. The van der Waals surface area contributed by atoms with Crippen LogP contribution in [0.4, 0.5) is 0 Å². The van der Waals surface area contributed by atoms with Gasteiger partial charge in [0.05, 0.1) is 11.4 Å². The van der Waals surface area contributed by atoms with Crippen molar-refractivity contribution in [3.05, 3.63) is 181 Å². The molecule has 0 N–H and O–H groups in total. The van der Waals surface area contributed by atoms with E-state index in [9.17, 15) is 0 Å². The fourth-order valence-corrected chi connectivity index (χ4v) is 12.0. The molecule has 5 aliphatic carbocycles. The average molecular weight is 719 g/mol. The van der Waals surface area contributed by atoms with E-state index >= 15 is 0 Å². The molecule has 0 aliphatic heterocycles. The van der Waals surface area contributed by atoms with Gasteiger partial charge >= 0.3 is 0 Å². The Kier molecular flexibility index (Phi) is 7.15. The van der Waals surface area contributed by atoms with Crippen molar-refractivity contribution in [2.75, 3.05) is 0 Å². The van der Waals surface area contributed by atoms with E-state index in [-0.39, 0.29) is 5.41 Å². The molecule has 13 rings (SSSR count). The third-order valence-corrected chi connectivity index (χ3v) is 14.1. The maximum absolute atomic E-state index is 5.19. The molecule has 0 saturated heterocycles. The van der Waals surface area contributed by atoms with Crippen molar-refractivity contribution in [3.63, 3.8) is 0 Å². The van der Waals surface area contributed by atoms with Crippen LogP contribution in [0.3, 0.4) is 0 Å². The molecule has 56 heavy (non-hydrogen) atoms. The molecule has 5 aliphatic rings. The molecule has 7 aromatic carbocycles. The highest BCUT2D eigenvalue weighted by atomic mass is 14.9. The lowest BCUT2D eigenvalue weighted by Crippen LogP contribution is -2.55. The molecule has 0 radical (unpaired) electrons. The fourth-order valence-electron chi connectivity index (χ4n) is 12.0. The van der Waals surface area contributed by atoms with E-state index < -0.39 is 0 Å². The lowest BCUT2D eigenvalue weighted by atomic mass is 9.43. The van der Waals surface area contributed by atoms with Crippen LogP contribution in [-0.4, -0.2) is 9.97 Å². The van der Waals surface area contributed by atoms with Gasteiger partial charge in [-0.25, -0.2) is 9.97 Å². The summed E-state index contributed by atoms with van der Waals surface area (Å²) in [6.07, 6.45) is 6.99. The lowest BCUT2D eigenvalue weighted by molar-refractivity contribution is -0.0398. The van der Waals surface area contributed by atoms with Crippen LogP contribution < -0.4 is 0 Å². The summed E-state index contributed by atoms with van der Waals surface area (Å²) in [5.74, 6) is 4.00. The SMILES string of the molecule is c1ccc(-c2cc(-c3cccc(-c4ccccc4-c4cccc5c4-c4cc6ccccc6cc4C54C5CC6CC(C5)CC4C6)c3)nc(-c3ccccc3)n2)cc1. The Morgan fingerprint density at radius 1 is 0.375 bits per heavy atom. The predicted octanol–water partition coefficient (Wildman–Crippen LogP) is 13.7. The zero-order valence-electron chi connectivity index (χ0n) is 31.4. The van der Waals surface area contributed by atoms with E-state index in [2.05, 4.69) is 164 Å². The van der Waals surface area contributed by atoms with Gasteiger partial charge in [-0.3, -0.25) is 0 Å². The van der Waals surface area contributed by atoms with Crippen molar-refractivity contribution in [3.8, 4) is 67.3 Å². The summed E-state index contributed by atoms with van der Waals surface area (Å²) >= 11 is 0. The van der Waals surface area contributed by atoms with Crippen molar-refractivity contribution >= 4 is 10.8 Å². The van der Waals surface area contributed by atoms with Gasteiger partial charge in [0, 0.05) is 22.1 Å². The fraction of sp³-hybridized carbons (Fsp3) is 0.185. The molecule has 268 valence electrons. The number of hydrogen-bond donors (Lipinski definition) is 0. The molecule has 8 aromatic rings. The second-order valence-electron chi connectivity index (χ2n) is 17.0. The zero-order chi connectivity index (χ0) is 36.8. The van der Waals surface area contributed by atoms with Crippen molar-refractivity contribution in [1.29, 1.82) is 0 Å². The topological polar surface area (TPSA) is 25.8 Å². The zero-order valence-corrected chi connectivity index (χ0v) is 31.4. The van der Waals surface area contributed by atoms with Crippen LogP contribution in [0.2, 0.25) is 0 Å². The minimum absolute atomic E-state index is 0.104.